The molecular formula is C17H15ClO5. The number of halogens is 1. The summed E-state index contributed by atoms with van der Waals surface area (Å²) in [4.78, 5) is 24.8. The predicted octanol–water partition coefficient (Wildman–Crippen LogP) is 3.15. The number of rotatable bonds is 2. The van der Waals surface area contributed by atoms with E-state index in [-0.39, 0.29) is 27.9 Å². The summed E-state index contributed by atoms with van der Waals surface area (Å²) in [6.45, 7) is 3.38. The lowest BCUT2D eigenvalue weighted by Crippen LogP contribution is -2.44. The number of carbonyl (C=O) groups excluding carboxylic acids is 2. The molecule has 0 aromatic heterocycles. The predicted molar refractivity (Wildman–Crippen MR) is 84.8 cm³/mol. The molecule has 120 valence electrons. The lowest BCUT2D eigenvalue weighted by Gasteiger charge is -2.31. The zero-order valence-corrected chi connectivity index (χ0v) is 13.9. The smallest absolute Gasteiger partial charge is 0.222 e. The van der Waals surface area contributed by atoms with Crippen LogP contribution < -0.4 is 14.2 Å². The maximum absolute atomic E-state index is 13.1. The summed E-state index contributed by atoms with van der Waals surface area (Å²) in [6, 6.07) is 1.55. The van der Waals surface area contributed by atoms with Gasteiger partial charge < -0.3 is 14.2 Å². The molecule has 1 spiro atoms. The van der Waals surface area contributed by atoms with Crippen molar-refractivity contribution in [1.82, 2.24) is 0 Å². The molecule has 6 heteroatoms. The van der Waals surface area contributed by atoms with Crippen molar-refractivity contribution in [3.63, 3.8) is 0 Å². The van der Waals surface area contributed by atoms with Crippen LogP contribution in [-0.4, -0.2) is 31.4 Å². The third-order valence-electron chi connectivity index (χ3n) is 4.22. The van der Waals surface area contributed by atoms with E-state index >= 15 is 0 Å². The normalized spacial score (nSPS) is 18.3. The molecule has 0 atom stereocenters. The standard InChI is InChI=1S/C17H15ClO5/c1-8-5-10(19)6-9(2)17(8)16(20)13-11(21-3)7-12(22-4)14(18)15(13)23-17/h5-7H,1-4H3. The average Bonchev–Trinajstić information content (AvgIpc) is 2.82. The Morgan fingerprint density at radius 2 is 1.61 bits per heavy atom. The van der Waals surface area contributed by atoms with E-state index in [9.17, 15) is 9.59 Å². The Morgan fingerprint density at radius 1 is 1.04 bits per heavy atom. The molecule has 23 heavy (non-hydrogen) atoms. The summed E-state index contributed by atoms with van der Waals surface area (Å²) in [5.74, 6) is 0.406. The van der Waals surface area contributed by atoms with Gasteiger partial charge >= 0.3 is 0 Å². The Balaban J connectivity index is 2.28. The molecule has 1 heterocycles. The molecule has 0 radical (unpaired) electrons. The molecule has 1 aliphatic carbocycles. The van der Waals surface area contributed by atoms with E-state index in [1.165, 1.54) is 26.4 Å². The number of hydrogen-bond acceptors (Lipinski definition) is 5. The average molecular weight is 335 g/mol. The second kappa shape index (κ2) is 5.13. The summed E-state index contributed by atoms with van der Waals surface area (Å²) < 4.78 is 16.5. The van der Waals surface area contributed by atoms with E-state index in [0.717, 1.165) is 0 Å². The van der Waals surface area contributed by atoms with Crippen molar-refractivity contribution in [2.75, 3.05) is 14.2 Å². The van der Waals surface area contributed by atoms with E-state index in [1.54, 1.807) is 19.9 Å². The number of Topliss-reactive ketones (excluding diaryl/α,β-unsaturated/α-hetero) is 1. The first-order valence-corrected chi connectivity index (χ1v) is 7.34. The first-order chi connectivity index (χ1) is 10.9. The highest BCUT2D eigenvalue weighted by Gasteiger charge is 2.54. The monoisotopic (exact) mass is 334 g/mol. The molecular weight excluding hydrogens is 320 g/mol. The topological polar surface area (TPSA) is 61.8 Å². The number of ketones is 2. The van der Waals surface area contributed by atoms with Gasteiger partial charge in [0.05, 0.1) is 14.2 Å². The minimum absolute atomic E-state index is 0.173. The molecule has 1 aliphatic heterocycles. The molecule has 0 saturated heterocycles. The molecule has 3 rings (SSSR count). The summed E-state index contributed by atoms with van der Waals surface area (Å²) in [6.07, 6.45) is 2.79. The van der Waals surface area contributed by atoms with Crippen molar-refractivity contribution in [3.05, 3.63) is 40.0 Å². The molecule has 0 saturated carbocycles. The van der Waals surface area contributed by atoms with Crippen molar-refractivity contribution in [1.29, 1.82) is 0 Å². The fourth-order valence-electron chi connectivity index (χ4n) is 3.09. The highest BCUT2D eigenvalue weighted by Crippen LogP contribution is 2.53. The van der Waals surface area contributed by atoms with E-state index < -0.39 is 5.60 Å². The van der Waals surface area contributed by atoms with Crippen LogP contribution in [0, 0.1) is 0 Å². The minimum atomic E-state index is -1.35. The van der Waals surface area contributed by atoms with E-state index in [0.29, 0.717) is 22.6 Å². The molecule has 0 fully saturated rings. The van der Waals surface area contributed by atoms with Gasteiger partial charge in [-0.25, -0.2) is 0 Å². The fourth-order valence-corrected chi connectivity index (χ4v) is 3.35. The summed E-state index contributed by atoms with van der Waals surface area (Å²) >= 11 is 6.31. The lowest BCUT2D eigenvalue weighted by atomic mass is 9.78. The number of allylic oxidation sites excluding steroid dienone is 2. The second-order valence-corrected chi connectivity index (χ2v) is 5.85. The van der Waals surface area contributed by atoms with Crippen LogP contribution in [0.4, 0.5) is 0 Å². The molecule has 2 aliphatic rings. The van der Waals surface area contributed by atoms with Gasteiger partial charge in [-0.05, 0) is 37.1 Å². The zero-order valence-electron chi connectivity index (χ0n) is 13.2. The Bertz CT molecular complexity index is 782. The first-order valence-electron chi connectivity index (χ1n) is 6.96. The van der Waals surface area contributed by atoms with Gasteiger partial charge in [0.2, 0.25) is 11.4 Å². The van der Waals surface area contributed by atoms with Gasteiger partial charge in [-0.3, -0.25) is 9.59 Å². The van der Waals surface area contributed by atoms with Crippen molar-refractivity contribution in [2.45, 2.75) is 19.4 Å². The number of ether oxygens (including phenoxy) is 3. The number of hydrogen-bond donors (Lipinski definition) is 0. The molecule has 1 aromatic carbocycles. The van der Waals surface area contributed by atoms with Crippen LogP contribution in [0.15, 0.2) is 29.4 Å². The van der Waals surface area contributed by atoms with Crippen LogP contribution in [0.25, 0.3) is 0 Å². The maximum atomic E-state index is 13.1. The molecule has 0 unspecified atom stereocenters. The Labute approximate surface area is 138 Å². The third-order valence-corrected chi connectivity index (χ3v) is 4.58. The van der Waals surface area contributed by atoms with Crippen LogP contribution in [-0.2, 0) is 4.79 Å². The molecule has 0 N–H and O–H groups in total. The largest absolute Gasteiger partial charge is 0.496 e. The van der Waals surface area contributed by atoms with E-state index in [4.69, 9.17) is 25.8 Å². The molecule has 0 bridgehead atoms. The van der Waals surface area contributed by atoms with Gasteiger partial charge in [-0.1, -0.05) is 11.6 Å². The van der Waals surface area contributed by atoms with Crippen molar-refractivity contribution < 1.29 is 23.8 Å². The van der Waals surface area contributed by atoms with Crippen LogP contribution >= 0.6 is 11.6 Å². The first kappa shape index (κ1) is 15.6. The molecule has 1 aromatic rings. The maximum Gasteiger partial charge on any atom is 0.222 e. The van der Waals surface area contributed by atoms with Gasteiger partial charge in [-0.15, -0.1) is 0 Å². The third kappa shape index (κ3) is 1.93. The SMILES string of the molecule is COc1cc(OC)c2c(c1Cl)OC1(C2=O)C(C)=CC(=O)C=C1C. The highest BCUT2D eigenvalue weighted by molar-refractivity contribution is 6.35. The summed E-state index contributed by atoms with van der Waals surface area (Å²) in [5.41, 5.74) is -0.0609. The summed E-state index contributed by atoms with van der Waals surface area (Å²) in [7, 11) is 2.92. The minimum Gasteiger partial charge on any atom is -0.496 e. The quantitative estimate of drug-likeness (QED) is 0.831. The van der Waals surface area contributed by atoms with Gasteiger partial charge in [0, 0.05) is 6.07 Å². The lowest BCUT2D eigenvalue weighted by molar-refractivity contribution is -0.110. The number of fused-ring (bicyclic) bond motifs is 1. The van der Waals surface area contributed by atoms with Crippen LogP contribution in [0.1, 0.15) is 24.2 Å². The van der Waals surface area contributed by atoms with E-state index in [2.05, 4.69) is 0 Å². The van der Waals surface area contributed by atoms with Crippen molar-refractivity contribution >= 4 is 23.2 Å². The van der Waals surface area contributed by atoms with Gasteiger partial charge in [0.15, 0.2) is 11.5 Å². The van der Waals surface area contributed by atoms with Crippen molar-refractivity contribution in [3.8, 4) is 17.2 Å². The highest BCUT2D eigenvalue weighted by atomic mass is 35.5. The number of methoxy groups -OCH3 is 2. The molecule has 0 amide bonds. The van der Waals surface area contributed by atoms with E-state index in [1.807, 2.05) is 0 Å². The fraction of sp³-hybridized carbons (Fsp3) is 0.294. The van der Waals surface area contributed by atoms with Gasteiger partial charge in [-0.2, -0.15) is 0 Å². The number of carbonyl (C=O) groups is 2. The Kier molecular flexibility index (Phi) is 3.48. The Hall–Kier alpha value is -2.27. The van der Waals surface area contributed by atoms with Crippen LogP contribution in [0.5, 0.6) is 17.2 Å². The van der Waals surface area contributed by atoms with Crippen LogP contribution in [0.2, 0.25) is 5.02 Å². The van der Waals surface area contributed by atoms with Crippen LogP contribution in [0.3, 0.4) is 0 Å². The second-order valence-electron chi connectivity index (χ2n) is 5.47. The Morgan fingerprint density at radius 3 is 2.13 bits per heavy atom. The van der Waals surface area contributed by atoms with Crippen molar-refractivity contribution in [2.24, 2.45) is 0 Å². The molecule has 5 nitrogen and oxygen atoms in total. The van der Waals surface area contributed by atoms with Gasteiger partial charge in [0.1, 0.15) is 22.1 Å². The zero-order chi connectivity index (χ0) is 16.9. The summed E-state index contributed by atoms with van der Waals surface area (Å²) in [5, 5.41) is 0.200. The van der Waals surface area contributed by atoms with Gasteiger partial charge in [0.25, 0.3) is 0 Å². The number of benzene rings is 1.